The number of benzene rings is 1. The van der Waals surface area contributed by atoms with Gasteiger partial charge in [-0.15, -0.1) is 0 Å². The average molecular weight is 328 g/mol. The highest BCUT2D eigenvalue weighted by molar-refractivity contribution is 5.78. The van der Waals surface area contributed by atoms with Gasteiger partial charge in [0.05, 0.1) is 17.7 Å². The van der Waals surface area contributed by atoms with Gasteiger partial charge in [-0.05, 0) is 57.2 Å². The third-order valence-corrected chi connectivity index (χ3v) is 4.57. The Morgan fingerprint density at radius 3 is 2.62 bits per heavy atom. The van der Waals surface area contributed by atoms with Crippen LogP contribution in [-0.4, -0.2) is 17.1 Å². The fraction of sp³-hybridized carbons (Fsp3) is 0.474. The number of hydrogen-bond acceptors (Lipinski definition) is 4. The van der Waals surface area contributed by atoms with E-state index < -0.39 is 0 Å². The van der Waals surface area contributed by atoms with Gasteiger partial charge in [0.2, 0.25) is 5.91 Å². The number of aryl methyl sites for hydroxylation is 2. The normalized spacial score (nSPS) is 15.1. The topological polar surface area (TPSA) is 64.4 Å². The highest BCUT2D eigenvalue weighted by Gasteiger charge is 2.28. The lowest BCUT2D eigenvalue weighted by atomic mass is 10.1. The highest BCUT2D eigenvalue weighted by Crippen LogP contribution is 2.32. The third kappa shape index (κ3) is 4.16. The number of carbonyl (C=O) groups excluding carboxylic acids is 1. The molecular formula is C19H24N2O3. The summed E-state index contributed by atoms with van der Waals surface area (Å²) in [4.78, 5) is 12.0. The lowest BCUT2D eigenvalue weighted by molar-refractivity contribution is -0.121. The standard InChI is InChI=1S/C19H24N2O3/c1-12(16-6-7-16)20-19(22)10-15-4-8-17(9-5-15)23-11-18-13(2)21-24-14(18)3/h4-5,8-9,12,16H,6-7,10-11H2,1-3H3,(H,20,22)/t12-/m1/s1. The van der Waals surface area contributed by atoms with Crippen molar-refractivity contribution in [2.45, 2.75) is 52.7 Å². The second kappa shape index (κ2) is 7.07. The van der Waals surface area contributed by atoms with Gasteiger partial charge in [-0.2, -0.15) is 0 Å². The molecule has 1 atom stereocenters. The van der Waals surface area contributed by atoms with Gasteiger partial charge in [0.15, 0.2) is 0 Å². The Morgan fingerprint density at radius 1 is 1.33 bits per heavy atom. The van der Waals surface area contributed by atoms with Gasteiger partial charge in [-0.1, -0.05) is 17.3 Å². The number of carbonyl (C=O) groups is 1. The zero-order chi connectivity index (χ0) is 17.1. The molecule has 0 unspecified atom stereocenters. The predicted molar refractivity (Wildman–Crippen MR) is 90.8 cm³/mol. The minimum absolute atomic E-state index is 0.0822. The van der Waals surface area contributed by atoms with E-state index >= 15 is 0 Å². The molecule has 1 fully saturated rings. The lowest BCUT2D eigenvalue weighted by Gasteiger charge is -2.13. The molecule has 5 nitrogen and oxygen atoms in total. The van der Waals surface area contributed by atoms with Crippen molar-refractivity contribution in [2.75, 3.05) is 0 Å². The molecule has 1 aliphatic rings. The molecule has 1 aliphatic carbocycles. The molecule has 2 aromatic rings. The minimum Gasteiger partial charge on any atom is -0.489 e. The number of amides is 1. The molecule has 3 rings (SSSR count). The number of aromatic nitrogens is 1. The lowest BCUT2D eigenvalue weighted by Crippen LogP contribution is -2.35. The van der Waals surface area contributed by atoms with Crippen molar-refractivity contribution in [2.24, 2.45) is 5.92 Å². The fourth-order valence-corrected chi connectivity index (χ4v) is 2.77. The quantitative estimate of drug-likeness (QED) is 0.847. The van der Waals surface area contributed by atoms with Crippen LogP contribution in [0.4, 0.5) is 0 Å². The molecule has 5 heteroatoms. The van der Waals surface area contributed by atoms with Gasteiger partial charge >= 0.3 is 0 Å². The summed E-state index contributed by atoms with van der Waals surface area (Å²) in [6.07, 6.45) is 2.87. The number of hydrogen-bond donors (Lipinski definition) is 1. The first-order valence-electron chi connectivity index (χ1n) is 8.46. The molecule has 1 heterocycles. The van der Waals surface area contributed by atoms with Crippen molar-refractivity contribution >= 4 is 5.91 Å². The van der Waals surface area contributed by atoms with Gasteiger partial charge in [0.25, 0.3) is 0 Å². The summed E-state index contributed by atoms with van der Waals surface area (Å²) in [5, 5.41) is 6.99. The van der Waals surface area contributed by atoms with Crippen LogP contribution in [0.2, 0.25) is 0 Å². The zero-order valence-corrected chi connectivity index (χ0v) is 14.5. The molecule has 24 heavy (non-hydrogen) atoms. The predicted octanol–water partition coefficient (Wildman–Crippen LogP) is 3.33. The van der Waals surface area contributed by atoms with Crippen LogP contribution in [0.25, 0.3) is 0 Å². The smallest absolute Gasteiger partial charge is 0.224 e. The van der Waals surface area contributed by atoms with Crippen molar-refractivity contribution < 1.29 is 14.1 Å². The third-order valence-electron chi connectivity index (χ3n) is 4.57. The van der Waals surface area contributed by atoms with E-state index in [9.17, 15) is 4.79 Å². The van der Waals surface area contributed by atoms with Gasteiger partial charge in [-0.3, -0.25) is 4.79 Å². The van der Waals surface area contributed by atoms with Gasteiger partial charge < -0.3 is 14.6 Å². The van der Waals surface area contributed by atoms with Crippen molar-refractivity contribution in [1.29, 1.82) is 0 Å². The van der Waals surface area contributed by atoms with E-state index in [1.165, 1.54) is 12.8 Å². The van der Waals surface area contributed by atoms with E-state index in [0.717, 1.165) is 28.3 Å². The van der Waals surface area contributed by atoms with E-state index in [1.54, 1.807) is 0 Å². The van der Waals surface area contributed by atoms with E-state index in [2.05, 4.69) is 17.4 Å². The molecule has 1 amide bonds. The Hall–Kier alpha value is -2.30. The fourth-order valence-electron chi connectivity index (χ4n) is 2.77. The second-order valence-electron chi connectivity index (χ2n) is 6.61. The van der Waals surface area contributed by atoms with Gasteiger partial charge in [0.1, 0.15) is 18.1 Å². The monoisotopic (exact) mass is 328 g/mol. The van der Waals surface area contributed by atoms with E-state index in [-0.39, 0.29) is 11.9 Å². The van der Waals surface area contributed by atoms with Crippen LogP contribution in [0.3, 0.4) is 0 Å². The summed E-state index contributed by atoms with van der Waals surface area (Å²) in [5.41, 5.74) is 2.82. The van der Waals surface area contributed by atoms with Crippen LogP contribution in [0, 0.1) is 19.8 Å². The Kier molecular flexibility index (Phi) is 4.88. The SMILES string of the molecule is Cc1noc(C)c1COc1ccc(CC(=O)N[C@H](C)C2CC2)cc1. The van der Waals surface area contributed by atoms with Crippen LogP contribution in [0.15, 0.2) is 28.8 Å². The van der Waals surface area contributed by atoms with Crippen LogP contribution in [0.1, 0.15) is 42.3 Å². The maximum Gasteiger partial charge on any atom is 0.224 e. The number of ether oxygens (including phenoxy) is 1. The van der Waals surface area contributed by atoms with Crippen molar-refractivity contribution in [3.63, 3.8) is 0 Å². The van der Waals surface area contributed by atoms with E-state index in [0.29, 0.717) is 18.9 Å². The summed E-state index contributed by atoms with van der Waals surface area (Å²) < 4.78 is 10.9. The average Bonchev–Trinajstić information content (AvgIpc) is 3.35. The first kappa shape index (κ1) is 16.6. The molecule has 1 saturated carbocycles. The molecule has 0 spiro atoms. The van der Waals surface area contributed by atoms with E-state index in [1.807, 2.05) is 38.1 Å². The summed E-state index contributed by atoms with van der Waals surface area (Å²) in [6, 6.07) is 7.94. The molecule has 0 radical (unpaired) electrons. The van der Waals surface area contributed by atoms with Crippen LogP contribution < -0.4 is 10.1 Å². The largest absolute Gasteiger partial charge is 0.489 e. The Morgan fingerprint density at radius 2 is 2.04 bits per heavy atom. The maximum atomic E-state index is 12.0. The maximum absolute atomic E-state index is 12.0. The zero-order valence-electron chi connectivity index (χ0n) is 14.5. The molecule has 1 aromatic carbocycles. The number of nitrogens with zero attached hydrogens (tertiary/aromatic N) is 1. The second-order valence-corrected chi connectivity index (χ2v) is 6.61. The van der Waals surface area contributed by atoms with Crippen molar-refractivity contribution in [3.8, 4) is 5.75 Å². The van der Waals surface area contributed by atoms with E-state index in [4.69, 9.17) is 9.26 Å². The Balaban J connectivity index is 1.50. The molecular weight excluding hydrogens is 304 g/mol. The first-order chi connectivity index (χ1) is 11.5. The number of nitrogens with one attached hydrogen (secondary N) is 1. The molecule has 128 valence electrons. The van der Waals surface area contributed by atoms with Crippen LogP contribution in [-0.2, 0) is 17.8 Å². The summed E-state index contributed by atoms with van der Waals surface area (Å²) in [5.74, 6) is 2.31. The molecule has 1 N–H and O–H groups in total. The van der Waals surface area contributed by atoms with Crippen LogP contribution >= 0.6 is 0 Å². The first-order valence-corrected chi connectivity index (χ1v) is 8.46. The van der Waals surface area contributed by atoms with Crippen molar-refractivity contribution in [3.05, 3.63) is 46.8 Å². The van der Waals surface area contributed by atoms with Gasteiger partial charge in [-0.25, -0.2) is 0 Å². The molecule has 0 aliphatic heterocycles. The highest BCUT2D eigenvalue weighted by atomic mass is 16.5. The van der Waals surface area contributed by atoms with Gasteiger partial charge in [0, 0.05) is 6.04 Å². The summed E-state index contributed by atoms with van der Waals surface area (Å²) in [7, 11) is 0. The van der Waals surface area contributed by atoms with Crippen molar-refractivity contribution in [1.82, 2.24) is 10.5 Å². The Bertz CT molecular complexity index is 682. The molecule has 0 bridgehead atoms. The summed E-state index contributed by atoms with van der Waals surface area (Å²) >= 11 is 0. The van der Waals surface area contributed by atoms with Crippen LogP contribution in [0.5, 0.6) is 5.75 Å². The molecule has 1 aromatic heterocycles. The minimum atomic E-state index is 0.0822. The summed E-state index contributed by atoms with van der Waals surface area (Å²) in [6.45, 7) is 6.30. The number of rotatable bonds is 7. The Labute approximate surface area is 142 Å². The molecule has 0 saturated heterocycles.